The van der Waals surface area contributed by atoms with Gasteiger partial charge in [-0.25, -0.2) is 0 Å². The van der Waals surface area contributed by atoms with Crippen LogP contribution < -0.4 is 4.74 Å². The van der Waals surface area contributed by atoms with Crippen LogP contribution in [-0.4, -0.2) is 59.6 Å². The fourth-order valence-electron chi connectivity index (χ4n) is 7.57. The molecule has 1 N–H and O–H groups in total. The third-order valence-electron chi connectivity index (χ3n) is 8.38. The lowest BCUT2D eigenvalue weighted by Crippen LogP contribution is -2.70. The number of aliphatic hydroxyl groups excluding tert-OH is 1. The van der Waals surface area contributed by atoms with E-state index in [2.05, 4.69) is 17.9 Å². The van der Waals surface area contributed by atoms with Gasteiger partial charge in [0.05, 0.1) is 30.0 Å². The molecule has 0 aromatic heterocycles. The molecule has 6 nitrogen and oxygen atoms in total. The van der Waals surface area contributed by atoms with Crippen LogP contribution in [0.3, 0.4) is 0 Å². The molecule has 28 heavy (non-hydrogen) atoms. The Hall–Kier alpha value is -1.92. The third kappa shape index (κ3) is 1.73. The molecule has 1 aromatic rings. The van der Waals surface area contributed by atoms with Crippen LogP contribution in [0, 0.1) is 17.8 Å². The monoisotopic (exact) mass is 382 g/mol. The summed E-state index contributed by atoms with van der Waals surface area (Å²) in [5.74, 6) is 1.43. The average Bonchev–Trinajstić information content (AvgIpc) is 3.14. The van der Waals surface area contributed by atoms with Gasteiger partial charge in [0.2, 0.25) is 0 Å². The van der Waals surface area contributed by atoms with Crippen molar-refractivity contribution in [3.05, 3.63) is 23.8 Å². The minimum absolute atomic E-state index is 0.189. The number of aliphatic imine (C=N–C) groups is 1. The fourth-order valence-corrected chi connectivity index (χ4v) is 7.57. The maximum atomic E-state index is 12.2. The van der Waals surface area contributed by atoms with Crippen molar-refractivity contribution in [2.75, 3.05) is 13.7 Å². The number of fused-ring (bicyclic) bond motifs is 2. The Morgan fingerprint density at radius 3 is 2.96 bits per heavy atom. The zero-order chi connectivity index (χ0) is 19.4. The SMILES string of the molecule is COc1ccc2c(c1)[C@]13C[C@H]4[C@H]([C@H]5C[C@@H](C1=N2)N4[C@@H](C)[C@H]5CO)[C@H]3OC(C)=O. The number of carbonyl (C=O) groups is 1. The molecule has 0 amide bonds. The number of ether oxygens (including phenoxy) is 2. The molecule has 6 aliphatic rings. The normalized spacial score (nSPS) is 46.2. The smallest absolute Gasteiger partial charge is 0.302 e. The Labute approximate surface area is 164 Å². The van der Waals surface area contributed by atoms with E-state index in [1.165, 1.54) is 12.6 Å². The van der Waals surface area contributed by atoms with Gasteiger partial charge in [-0.15, -0.1) is 0 Å². The van der Waals surface area contributed by atoms with Gasteiger partial charge >= 0.3 is 5.97 Å². The van der Waals surface area contributed by atoms with Crippen LogP contribution in [0.2, 0.25) is 0 Å². The van der Waals surface area contributed by atoms with Gasteiger partial charge in [-0.2, -0.15) is 0 Å². The Bertz CT molecular complexity index is 914. The van der Waals surface area contributed by atoms with Gasteiger partial charge < -0.3 is 14.6 Å². The third-order valence-corrected chi connectivity index (χ3v) is 8.38. The van der Waals surface area contributed by atoms with Crippen LogP contribution in [0.25, 0.3) is 0 Å². The lowest BCUT2D eigenvalue weighted by atomic mass is 9.62. The highest BCUT2D eigenvalue weighted by Gasteiger charge is 2.75. The molecule has 5 heterocycles. The molecule has 9 atom stereocenters. The maximum absolute atomic E-state index is 12.2. The van der Waals surface area contributed by atoms with Crippen molar-refractivity contribution in [2.24, 2.45) is 22.7 Å². The molecule has 5 aliphatic heterocycles. The molecule has 4 saturated heterocycles. The maximum Gasteiger partial charge on any atom is 0.302 e. The molecule has 1 unspecified atom stereocenters. The first-order chi connectivity index (χ1) is 13.5. The zero-order valence-corrected chi connectivity index (χ0v) is 16.5. The Morgan fingerprint density at radius 2 is 2.25 bits per heavy atom. The summed E-state index contributed by atoms with van der Waals surface area (Å²) in [5, 5.41) is 10.1. The molecule has 148 valence electrons. The van der Waals surface area contributed by atoms with Crippen molar-refractivity contribution < 1.29 is 19.4 Å². The second kappa shape index (κ2) is 5.36. The van der Waals surface area contributed by atoms with Gasteiger partial charge in [0.1, 0.15) is 11.9 Å². The topological polar surface area (TPSA) is 71.4 Å². The molecule has 6 heteroatoms. The summed E-state index contributed by atoms with van der Waals surface area (Å²) in [5.41, 5.74) is 2.97. The summed E-state index contributed by atoms with van der Waals surface area (Å²) in [6, 6.07) is 7.07. The lowest BCUT2D eigenvalue weighted by Gasteiger charge is -2.61. The molecule has 1 spiro atoms. The summed E-state index contributed by atoms with van der Waals surface area (Å²) < 4.78 is 11.6. The molecule has 1 aliphatic carbocycles. The van der Waals surface area contributed by atoms with Gasteiger partial charge in [-0.05, 0) is 49.4 Å². The largest absolute Gasteiger partial charge is 0.497 e. The van der Waals surface area contributed by atoms with E-state index in [-0.39, 0.29) is 42.0 Å². The number of hydrogen-bond donors (Lipinski definition) is 1. The average molecular weight is 382 g/mol. The van der Waals surface area contributed by atoms with Gasteiger partial charge in [-0.1, -0.05) is 0 Å². The molecule has 7 rings (SSSR count). The first-order valence-corrected chi connectivity index (χ1v) is 10.3. The Balaban J connectivity index is 1.58. The number of methoxy groups -OCH3 is 1. The summed E-state index contributed by atoms with van der Waals surface area (Å²) in [6.07, 6.45) is 1.72. The molecular weight excluding hydrogens is 356 g/mol. The number of nitrogens with zero attached hydrogens (tertiary/aromatic N) is 2. The minimum atomic E-state index is -0.342. The number of rotatable bonds is 3. The van der Waals surface area contributed by atoms with Crippen molar-refractivity contribution in [1.29, 1.82) is 0 Å². The summed E-state index contributed by atoms with van der Waals surface area (Å²) in [7, 11) is 1.68. The van der Waals surface area contributed by atoms with E-state index in [4.69, 9.17) is 14.5 Å². The highest BCUT2D eigenvalue weighted by molar-refractivity contribution is 6.08. The molecule has 5 bridgehead atoms. The van der Waals surface area contributed by atoms with Crippen molar-refractivity contribution in [1.82, 2.24) is 4.90 Å². The van der Waals surface area contributed by atoms with E-state index < -0.39 is 0 Å². The summed E-state index contributed by atoms with van der Waals surface area (Å²) >= 11 is 0. The fraction of sp³-hybridized carbons (Fsp3) is 0.636. The second-order valence-corrected chi connectivity index (χ2v) is 9.18. The first kappa shape index (κ1) is 17.0. The van der Waals surface area contributed by atoms with E-state index in [1.807, 2.05) is 12.1 Å². The Kier molecular flexibility index (Phi) is 3.25. The minimum Gasteiger partial charge on any atom is -0.497 e. The van der Waals surface area contributed by atoms with Crippen LogP contribution in [0.1, 0.15) is 32.3 Å². The summed E-state index contributed by atoms with van der Waals surface area (Å²) in [6.45, 7) is 3.94. The molecular formula is C22H26N2O4. The zero-order valence-electron chi connectivity index (χ0n) is 16.5. The summed E-state index contributed by atoms with van der Waals surface area (Å²) in [4.78, 5) is 19.9. The van der Waals surface area contributed by atoms with E-state index >= 15 is 0 Å². The second-order valence-electron chi connectivity index (χ2n) is 9.18. The van der Waals surface area contributed by atoms with Crippen LogP contribution in [0.15, 0.2) is 23.2 Å². The lowest BCUT2D eigenvalue weighted by molar-refractivity contribution is -0.160. The van der Waals surface area contributed by atoms with Crippen molar-refractivity contribution >= 4 is 17.4 Å². The van der Waals surface area contributed by atoms with Gasteiger partial charge in [-0.3, -0.25) is 14.7 Å². The number of carbonyl (C=O) groups excluding carboxylic acids is 1. The standard InChI is InChI=1S/C22H26N2O4/c1-10-14(9-25)13-7-17-20-22(15-6-12(27-3)4-5-16(15)23-20)8-18(24(10)17)19(13)21(22)28-11(2)26/h4-6,10,13-14,17-19,21,25H,7-9H2,1-3H3/t10-,13-,14+,17-,18-,19-,21+,22+/m0/s1. The van der Waals surface area contributed by atoms with Gasteiger partial charge in [0.15, 0.2) is 0 Å². The number of esters is 1. The van der Waals surface area contributed by atoms with Crippen molar-refractivity contribution in [3.63, 3.8) is 0 Å². The Morgan fingerprint density at radius 1 is 1.43 bits per heavy atom. The number of hydrogen-bond acceptors (Lipinski definition) is 6. The van der Waals surface area contributed by atoms with E-state index in [0.29, 0.717) is 18.0 Å². The van der Waals surface area contributed by atoms with Gasteiger partial charge in [0, 0.05) is 37.5 Å². The predicted molar refractivity (Wildman–Crippen MR) is 103 cm³/mol. The van der Waals surface area contributed by atoms with Crippen LogP contribution in [0.4, 0.5) is 5.69 Å². The van der Waals surface area contributed by atoms with E-state index in [0.717, 1.165) is 29.8 Å². The molecule has 1 saturated carbocycles. The van der Waals surface area contributed by atoms with Crippen LogP contribution in [0.5, 0.6) is 5.75 Å². The van der Waals surface area contributed by atoms with Crippen molar-refractivity contribution in [3.8, 4) is 5.75 Å². The van der Waals surface area contributed by atoms with E-state index in [9.17, 15) is 9.90 Å². The number of piperidine rings is 4. The van der Waals surface area contributed by atoms with Crippen LogP contribution >= 0.6 is 0 Å². The van der Waals surface area contributed by atoms with Crippen molar-refractivity contribution in [2.45, 2.75) is 56.3 Å². The number of benzene rings is 1. The highest BCUT2D eigenvalue weighted by atomic mass is 16.5. The van der Waals surface area contributed by atoms with E-state index in [1.54, 1.807) is 7.11 Å². The first-order valence-electron chi connectivity index (χ1n) is 10.3. The molecule has 1 aromatic carbocycles. The molecule has 0 radical (unpaired) electrons. The molecule has 5 fully saturated rings. The quantitative estimate of drug-likeness (QED) is 0.811. The van der Waals surface area contributed by atoms with Gasteiger partial charge in [0.25, 0.3) is 0 Å². The van der Waals surface area contributed by atoms with Crippen LogP contribution in [-0.2, 0) is 14.9 Å². The predicted octanol–water partition coefficient (Wildman–Crippen LogP) is 2.05. The highest BCUT2D eigenvalue weighted by Crippen LogP contribution is 2.67. The number of aliphatic hydroxyl groups is 1.